The predicted octanol–water partition coefficient (Wildman–Crippen LogP) is 3.67. The molecule has 7 heteroatoms. The number of carbonyl (C=O) groups is 1. The van der Waals surface area contributed by atoms with E-state index in [0.717, 1.165) is 12.0 Å². The molecule has 2 aromatic carbocycles. The van der Waals surface area contributed by atoms with E-state index in [-0.39, 0.29) is 24.1 Å². The summed E-state index contributed by atoms with van der Waals surface area (Å²) in [4.78, 5) is 14.3. The number of halogens is 3. The highest BCUT2D eigenvalue weighted by Crippen LogP contribution is 2.16. The lowest BCUT2D eigenvalue weighted by Gasteiger charge is -2.22. The van der Waals surface area contributed by atoms with E-state index in [9.17, 15) is 13.6 Å². The third-order valence-electron chi connectivity index (χ3n) is 4.04. The molecular weight excluding hydrogens is 374 g/mol. The van der Waals surface area contributed by atoms with Crippen molar-refractivity contribution in [1.82, 2.24) is 4.90 Å². The van der Waals surface area contributed by atoms with Crippen molar-refractivity contribution in [2.45, 2.75) is 25.9 Å². The molecule has 0 saturated heterocycles. The maximum absolute atomic E-state index is 12.5. The molecule has 0 fully saturated rings. The number of ether oxygens (including phenoxy) is 1. The van der Waals surface area contributed by atoms with Crippen molar-refractivity contribution in [1.29, 1.82) is 0 Å². The van der Waals surface area contributed by atoms with E-state index in [1.807, 2.05) is 30.3 Å². The molecule has 2 N–H and O–H groups in total. The number of nitrogens with zero attached hydrogens (tertiary/aromatic N) is 1. The fourth-order valence-electron chi connectivity index (χ4n) is 2.67. The van der Waals surface area contributed by atoms with Crippen LogP contribution >= 0.6 is 12.4 Å². The molecule has 0 aliphatic heterocycles. The number of carbonyl (C=O) groups excluding carboxylic acids is 1. The first-order chi connectivity index (χ1) is 12.6. The molecule has 148 valence electrons. The lowest BCUT2D eigenvalue weighted by Crippen LogP contribution is -2.37. The van der Waals surface area contributed by atoms with Gasteiger partial charge in [-0.25, -0.2) is 0 Å². The van der Waals surface area contributed by atoms with Crippen LogP contribution in [0.4, 0.5) is 8.78 Å². The van der Waals surface area contributed by atoms with Crippen molar-refractivity contribution < 1.29 is 18.3 Å². The van der Waals surface area contributed by atoms with E-state index in [1.54, 1.807) is 17.0 Å². The van der Waals surface area contributed by atoms with Gasteiger partial charge in [-0.05, 0) is 36.1 Å². The molecule has 2 aromatic rings. The van der Waals surface area contributed by atoms with Crippen LogP contribution in [0.25, 0.3) is 0 Å². The Balaban J connectivity index is 0.00000364. The largest absolute Gasteiger partial charge is 0.435 e. The summed E-state index contributed by atoms with van der Waals surface area (Å²) in [5.41, 5.74) is 7.71. The molecule has 0 spiro atoms. The van der Waals surface area contributed by atoms with Gasteiger partial charge in [-0.15, -0.1) is 12.4 Å². The van der Waals surface area contributed by atoms with Gasteiger partial charge in [0.05, 0.1) is 0 Å². The second-order valence-electron chi connectivity index (χ2n) is 5.93. The molecule has 1 amide bonds. The highest BCUT2D eigenvalue weighted by molar-refractivity contribution is 5.85. The predicted molar refractivity (Wildman–Crippen MR) is 104 cm³/mol. The van der Waals surface area contributed by atoms with Gasteiger partial charge in [-0.1, -0.05) is 42.5 Å². The van der Waals surface area contributed by atoms with Crippen LogP contribution in [0.5, 0.6) is 5.75 Å². The number of rotatable bonds is 10. The Bertz CT molecular complexity index is 669. The van der Waals surface area contributed by atoms with Gasteiger partial charge in [0, 0.05) is 26.1 Å². The minimum absolute atomic E-state index is 0. The lowest BCUT2D eigenvalue weighted by molar-refractivity contribution is -0.131. The Morgan fingerprint density at radius 3 is 2.19 bits per heavy atom. The highest BCUT2D eigenvalue weighted by atomic mass is 35.5. The summed E-state index contributed by atoms with van der Waals surface area (Å²) >= 11 is 0. The van der Waals surface area contributed by atoms with Gasteiger partial charge in [-0.2, -0.15) is 8.78 Å². The average molecular weight is 399 g/mol. The second-order valence-corrected chi connectivity index (χ2v) is 5.93. The van der Waals surface area contributed by atoms with E-state index in [4.69, 9.17) is 5.73 Å². The SMILES string of the molecule is Cl.NCCN(CCc1ccccc1)C(=O)CCc1ccc(OC(F)F)cc1. The fourth-order valence-corrected chi connectivity index (χ4v) is 2.67. The number of hydrogen-bond donors (Lipinski definition) is 1. The Morgan fingerprint density at radius 1 is 0.963 bits per heavy atom. The van der Waals surface area contributed by atoms with Crippen molar-refractivity contribution >= 4 is 18.3 Å². The zero-order valence-corrected chi connectivity index (χ0v) is 15.8. The van der Waals surface area contributed by atoms with E-state index in [2.05, 4.69) is 4.74 Å². The third-order valence-corrected chi connectivity index (χ3v) is 4.04. The second kappa shape index (κ2) is 12.3. The molecule has 0 aliphatic carbocycles. The smallest absolute Gasteiger partial charge is 0.387 e. The van der Waals surface area contributed by atoms with Gasteiger partial charge >= 0.3 is 6.61 Å². The van der Waals surface area contributed by atoms with Crippen LogP contribution in [0.2, 0.25) is 0 Å². The Kier molecular flexibility index (Phi) is 10.4. The molecule has 0 radical (unpaired) electrons. The van der Waals surface area contributed by atoms with E-state index >= 15 is 0 Å². The van der Waals surface area contributed by atoms with Crippen LogP contribution < -0.4 is 10.5 Å². The quantitative estimate of drug-likeness (QED) is 0.664. The molecule has 0 bridgehead atoms. The molecule has 0 aliphatic rings. The normalized spacial score (nSPS) is 10.4. The molecule has 0 atom stereocenters. The first-order valence-corrected chi connectivity index (χ1v) is 8.64. The van der Waals surface area contributed by atoms with Crippen LogP contribution in [0.15, 0.2) is 54.6 Å². The van der Waals surface area contributed by atoms with Crippen LogP contribution in [-0.4, -0.2) is 37.1 Å². The van der Waals surface area contributed by atoms with Gasteiger partial charge in [0.2, 0.25) is 5.91 Å². The summed E-state index contributed by atoms with van der Waals surface area (Å²) in [7, 11) is 0. The maximum atomic E-state index is 12.5. The topological polar surface area (TPSA) is 55.6 Å². The Labute approximate surface area is 164 Å². The molecule has 27 heavy (non-hydrogen) atoms. The van der Waals surface area contributed by atoms with E-state index in [0.29, 0.717) is 32.5 Å². The monoisotopic (exact) mass is 398 g/mol. The van der Waals surface area contributed by atoms with Crippen molar-refractivity contribution in [2.24, 2.45) is 5.73 Å². The lowest BCUT2D eigenvalue weighted by atomic mass is 10.1. The molecule has 0 aromatic heterocycles. The fraction of sp³-hybridized carbons (Fsp3) is 0.350. The molecule has 0 saturated carbocycles. The molecule has 0 unspecified atom stereocenters. The molecule has 4 nitrogen and oxygen atoms in total. The minimum atomic E-state index is -2.84. The zero-order valence-electron chi connectivity index (χ0n) is 15.0. The maximum Gasteiger partial charge on any atom is 0.387 e. The average Bonchev–Trinajstić information content (AvgIpc) is 2.64. The van der Waals surface area contributed by atoms with Gasteiger partial charge in [0.25, 0.3) is 0 Å². The van der Waals surface area contributed by atoms with Gasteiger partial charge < -0.3 is 15.4 Å². The zero-order chi connectivity index (χ0) is 18.8. The van der Waals surface area contributed by atoms with Crippen LogP contribution in [0.1, 0.15) is 17.5 Å². The number of amides is 1. The van der Waals surface area contributed by atoms with Crippen molar-refractivity contribution in [3.8, 4) is 5.75 Å². The van der Waals surface area contributed by atoms with E-state index < -0.39 is 6.61 Å². The Morgan fingerprint density at radius 2 is 1.59 bits per heavy atom. The molecule has 0 heterocycles. The minimum Gasteiger partial charge on any atom is -0.435 e. The summed E-state index contributed by atoms with van der Waals surface area (Å²) in [5, 5.41) is 0. The summed E-state index contributed by atoms with van der Waals surface area (Å²) in [6.45, 7) is -1.27. The summed E-state index contributed by atoms with van der Waals surface area (Å²) in [6.07, 6.45) is 1.68. The highest BCUT2D eigenvalue weighted by Gasteiger charge is 2.13. The van der Waals surface area contributed by atoms with Crippen LogP contribution in [-0.2, 0) is 17.6 Å². The molecule has 2 rings (SSSR count). The van der Waals surface area contributed by atoms with Gasteiger partial charge in [0.1, 0.15) is 5.75 Å². The first kappa shape index (κ1) is 22.9. The first-order valence-electron chi connectivity index (χ1n) is 8.64. The number of alkyl halides is 2. The van der Waals surface area contributed by atoms with E-state index in [1.165, 1.54) is 17.7 Å². The van der Waals surface area contributed by atoms with Crippen LogP contribution in [0, 0.1) is 0 Å². The summed E-state index contributed by atoms with van der Waals surface area (Å²) < 4.78 is 28.6. The number of nitrogens with two attached hydrogens (primary N) is 1. The number of aryl methyl sites for hydroxylation is 1. The number of hydrogen-bond acceptors (Lipinski definition) is 3. The van der Waals surface area contributed by atoms with Gasteiger partial charge in [0.15, 0.2) is 0 Å². The summed E-state index contributed by atoms with van der Waals surface area (Å²) in [6, 6.07) is 16.4. The standard InChI is InChI=1S/C20H24F2N2O2.ClH/c21-20(22)26-18-9-6-17(7-10-18)8-11-19(25)24(15-13-23)14-12-16-4-2-1-3-5-16;/h1-7,9-10,20H,8,11-15,23H2;1H. The molecular formula is C20H25ClF2N2O2. The summed E-state index contributed by atoms with van der Waals surface area (Å²) in [5.74, 6) is 0.155. The van der Waals surface area contributed by atoms with Crippen molar-refractivity contribution in [2.75, 3.05) is 19.6 Å². The number of benzene rings is 2. The van der Waals surface area contributed by atoms with Crippen molar-refractivity contribution in [3.05, 3.63) is 65.7 Å². The third kappa shape index (κ3) is 8.37. The van der Waals surface area contributed by atoms with Crippen molar-refractivity contribution in [3.63, 3.8) is 0 Å². The Hall–Kier alpha value is -2.18. The van der Waals surface area contributed by atoms with Gasteiger partial charge in [-0.3, -0.25) is 4.79 Å². The van der Waals surface area contributed by atoms with Crippen LogP contribution in [0.3, 0.4) is 0 Å².